The van der Waals surface area contributed by atoms with Crippen LogP contribution in [0.2, 0.25) is 0 Å². The first-order chi connectivity index (χ1) is 10.8. The van der Waals surface area contributed by atoms with E-state index >= 15 is 0 Å². The number of fused-ring (bicyclic) bond motifs is 1. The molecular weight excluding hydrogens is 280 g/mol. The van der Waals surface area contributed by atoms with Gasteiger partial charge < -0.3 is 4.52 Å². The van der Waals surface area contributed by atoms with E-state index in [0.29, 0.717) is 16.7 Å². The van der Waals surface area contributed by atoms with Gasteiger partial charge in [0, 0.05) is 0 Å². The van der Waals surface area contributed by atoms with Crippen LogP contribution in [0.15, 0.2) is 64.2 Å². The molecule has 6 heteroatoms. The van der Waals surface area contributed by atoms with Crippen LogP contribution in [-0.4, -0.2) is 16.7 Å². The minimum atomic E-state index is -0.587. The minimum absolute atomic E-state index is 0.0748. The quantitative estimate of drug-likeness (QED) is 0.453. The highest BCUT2D eigenvalue weighted by Crippen LogP contribution is 2.18. The van der Waals surface area contributed by atoms with E-state index in [2.05, 4.69) is 15.7 Å². The molecule has 3 aromatic rings. The smallest absolute Gasteiger partial charge is 0.246 e. The second-order valence-electron chi connectivity index (χ2n) is 4.41. The lowest BCUT2D eigenvalue weighted by atomic mass is 10.1. The summed E-state index contributed by atoms with van der Waals surface area (Å²) < 4.78 is 5.07. The number of hydrogen-bond acceptors (Lipinski definition) is 6. The van der Waals surface area contributed by atoms with Crippen LogP contribution in [0.1, 0.15) is 10.5 Å². The Balaban J connectivity index is 1.90. The third-order valence-electron chi connectivity index (χ3n) is 2.98. The number of rotatable bonds is 4. The summed E-state index contributed by atoms with van der Waals surface area (Å²) in [5.74, 6) is -0.587. The van der Waals surface area contributed by atoms with E-state index in [-0.39, 0.29) is 11.4 Å². The maximum Gasteiger partial charge on any atom is 0.246 e. The Morgan fingerprint density at radius 1 is 1.14 bits per heavy atom. The highest BCUT2D eigenvalue weighted by atomic mass is 16.5. The van der Waals surface area contributed by atoms with Crippen molar-refractivity contribution in [2.45, 2.75) is 0 Å². The second kappa shape index (κ2) is 5.89. The largest absolute Gasteiger partial charge is 0.356 e. The number of hydrazone groups is 1. The summed E-state index contributed by atoms with van der Waals surface area (Å²) in [4.78, 5) is 12.4. The summed E-state index contributed by atoms with van der Waals surface area (Å²) in [6, 6.07) is 17.8. The van der Waals surface area contributed by atoms with E-state index in [1.807, 2.05) is 18.2 Å². The number of carbonyl (C=O) groups is 1. The maximum atomic E-state index is 12.4. The first kappa shape index (κ1) is 13.5. The lowest BCUT2D eigenvalue weighted by Crippen LogP contribution is -2.15. The predicted octanol–water partition coefficient (Wildman–Crippen LogP) is 3.00. The van der Waals surface area contributed by atoms with Gasteiger partial charge in [-0.15, -0.1) is 0 Å². The van der Waals surface area contributed by atoms with E-state index < -0.39 is 5.78 Å². The van der Waals surface area contributed by atoms with Gasteiger partial charge >= 0.3 is 0 Å². The molecule has 2 aromatic carbocycles. The second-order valence-corrected chi connectivity index (χ2v) is 4.41. The van der Waals surface area contributed by atoms with Crippen LogP contribution < -0.4 is 5.43 Å². The van der Waals surface area contributed by atoms with E-state index in [1.54, 1.807) is 42.5 Å². The summed E-state index contributed by atoms with van der Waals surface area (Å²) in [6.45, 7) is 0. The van der Waals surface area contributed by atoms with Crippen LogP contribution in [0.4, 0.5) is 5.69 Å². The summed E-state index contributed by atoms with van der Waals surface area (Å²) in [5, 5.41) is 17.3. The Hall–Kier alpha value is -3.46. The molecule has 1 N–H and O–H groups in total. The summed E-state index contributed by atoms with van der Waals surface area (Å²) in [7, 11) is 0. The fourth-order valence-electron chi connectivity index (χ4n) is 1.92. The molecule has 0 aliphatic carbocycles. The fraction of sp³-hybridized carbons (Fsp3) is 0. The van der Waals surface area contributed by atoms with Gasteiger partial charge in [-0.05, 0) is 24.3 Å². The Kier molecular flexibility index (Phi) is 3.62. The predicted molar refractivity (Wildman–Crippen MR) is 81.5 cm³/mol. The molecule has 1 heterocycles. The Morgan fingerprint density at radius 2 is 1.86 bits per heavy atom. The van der Waals surface area contributed by atoms with Crippen LogP contribution in [0.25, 0.3) is 11.0 Å². The highest BCUT2D eigenvalue weighted by molar-refractivity contribution is 6.52. The number of para-hydroxylation sites is 2. The first-order valence-electron chi connectivity index (χ1n) is 6.47. The third kappa shape index (κ3) is 2.55. The molecule has 1 aromatic heterocycles. The molecule has 0 atom stereocenters. The number of nitriles is 1. The number of hydrogen-bond donors (Lipinski definition) is 1. The van der Waals surface area contributed by atoms with Gasteiger partial charge in [-0.1, -0.05) is 35.5 Å². The molecule has 22 heavy (non-hydrogen) atoms. The van der Waals surface area contributed by atoms with E-state index in [0.717, 1.165) is 0 Å². The van der Waals surface area contributed by atoms with Gasteiger partial charge in [0.25, 0.3) is 0 Å². The molecule has 0 aliphatic heterocycles. The Labute approximate surface area is 125 Å². The molecule has 0 fully saturated rings. The standard InChI is InChI=1S/C16H10N4O2/c17-10-13(19-18-11-6-2-1-3-7-11)16(21)15-12-8-4-5-9-14(12)22-20-15/h1-9,18H. The number of nitrogens with zero attached hydrogens (tertiary/aromatic N) is 3. The van der Waals surface area contributed by atoms with Crippen LogP contribution in [0.5, 0.6) is 0 Å². The van der Waals surface area contributed by atoms with Crippen molar-refractivity contribution in [1.82, 2.24) is 5.16 Å². The van der Waals surface area contributed by atoms with Crippen LogP contribution in [0.3, 0.4) is 0 Å². The molecule has 0 unspecified atom stereocenters. The zero-order valence-corrected chi connectivity index (χ0v) is 11.4. The van der Waals surface area contributed by atoms with Crippen molar-refractivity contribution in [3.63, 3.8) is 0 Å². The molecule has 0 amide bonds. The lowest BCUT2D eigenvalue weighted by Gasteiger charge is -1.99. The van der Waals surface area contributed by atoms with Crippen LogP contribution >= 0.6 is 0 Å². The van der Waals surface area contributed by atoms with Gasteiger partial charge in [-0.25, -0.2) is 0 Å². The van der Waals surface area contributed by atoms with E-state index in [9.17, 15) is 4.79 Å². The summed E-state index contributed by atoms with van der Waals surface area (Å²) >= 11 is 0. The van der Waals surface area contributed by atoms with Crippen molar-refractivity contribution in [2.75, 3.05) is 5.43 Å². The highest BCUT2D eigenvalue weighted by Gasteiger charge is 2.21. The SMILES string of the molecule is N#CC(=NNc1ccccc1)C(=O)c1noc2ccccc12. The first-order valence-corrected chi connectivity index (χ1v) is 6.47. The number of nitrogens with one attached hydrogen (secondary N) is 1. The van der Waals surface area contributed by atoms with Crippen molar-refractivity contribution >= 4 is 28.2 Å². The van der Waals surface area contributed by atoms with Crippen molar-refractivity contribution in [3.8, 4) is 6.07 Å². The van der Waals surface area contributed by atoms with Gasteiger partial charge in [0.1, 0.15) is 6.07 Å². The maximum absolute atomic E-state index is 12.4. The van der Waals surface area contributed by atoms with Gasteiger partial charge in [-0.3, -0.25) is 10.2 Å². The van der Waals surface area contributed by atoms with Crippen molar-refractivity contribution in [1.29, 1.82) is 5.26 Å². The molecule has 0 radical (unpaired) electrons. The minimum Gasteiger partial charge on any atom is -0.356 e. The van der Waals surface area contributed by atoms with Gasteiger partial charge in [-0.2, -0.15) is 10.4 Å². The van der Waals surface area contributed by atoms with Gasteiger partial charge in [0.15, 0.2) is 11.3 Å². The summed E-state index contributed by atoms with van der Waals surface area (Å²) in [5.41, 5.74) is 3.62. The Morgan fingerprint density at radius 3 is 2.64 bits per heavy atom. The molecule has 6 nitrogen and oxygen atoms in total. The molecule has 0 spiro atoms. The molecule has 0 saturated heterocycles. The normalized spacial score (nSPS) is 11.1. The summed E-state index contributed by atoms with van der Waals surface area (Å²) in [6.07, 6.45) is 0. The van der Waals surface area contributed by atoms with Crippen LogP contribution in [0, 0.1) is 11.3 Å². The van der Waals surface area contributed by atoms with Gasteiger partial charge in [0.2, 0.25) is 11.5 Å². The molecule has 0 bridgehead atoms. The monoisotopic (exact) mass is 290 g/mol. The topological polar surface area (TPSA) is 91.3 Å². The van der Waals surface area contributed by atoms with Crippen molar-refractivity contribution in [2.24, 2.45) is 5.10 Å². The van der Waals surface area contributed by atoms with E-state index in [4.69, 9.17) is 9.78 Å². The average molecular weight is 290 g/mol. The number of aromatic nitrogens is 1. The van der Waals surface area contributed by atoms with Crippen molar-refractivity contribution < 1.29 is 9.32 Å². The number of carbonyl (C=O) groups excluding carboxylic acids is 1. The molecule has 0 aliphatic rings. The zero-order valence-electron chi connectivity index (χ0n) is 11.4. The fourth-order valence-corrected chi connectivity index (χ4v) is 1.92. The third-order valence-corrected chi connectivity index (χ3v) is 2.98. The molecule has 0 saturated carbocycles. The zero-order chi connectivity index (χ0) is 15.4. The van der Waals surface area contributed by atoms with E-state index in [1.165, 1.54) is 0 Å². The van der Waals surface area contributed by atoms with Gasteiger partial charge in [0.05, 0.1) is 11.1 Å². The number of benzene rings is 2. The Bertz CT molecular complexity index is 891. The molecule has 106 valence electrons. The average Bonchev–Trinajstić information content (AvgIpc) is 3.00. The number of anilines is 1. The molecule has 3 rings (SSSR count). The lowest BCUT2D eigenvalue weighted by molar-refractivity contribution is 0.106. The van der Waals surface area contributed by atoms with Crippen molar-refractivity contribution in [3.05, 3.63) is 60.3 Å². The number of Topliss-reactive ketones (excluding diaryl/α,β-unsaturated/α-hetero) is 1. The van der Waals surface area contributed by atoms with Crippen LogP contribution in [-0.2, 0) is 0 Å². The molecular formula is C16H10N4O2. The number of ketones is 1.